The molecule has 4 aromatic rings. The van der Waals surface area contributed by atoms with Gasteiger partial charge in [-0.05, 0) is 54.7 Å². The number of benzene rings is 4. The first kappa shape index (κ1) is 34.5. The van der Waals surface area contributed by atoms with Crippen LogP contribution in [-0.4, -0.2) is 60.5 Å². The van der Waals surface area contributed by atoms with E-state index in [0.717, 1.165) is 11.6 Å². The van der Waals surface area contributed by atoms with Crippen LogP contribution in [0.15, 0.2) is 102 Å². The number of amides is 3. The summed E-state index contributed by atoms with van der Waals surface area (Å²) in [5, 5.41) is 12.0. The van der Waals surface area contributed by atoms with E-state index < -0.39 is 56.9 Å². The first-order valence-electron chi connectivity index (χ1n) is 16.1. The lowest BCUT2D eigenvalue weighted by Gasteiger charge is -2.39. The third-order valence-corrected chi connectivity index (χ3v) is 11.6. The summed E-state index contributed by atoms with van der Waals surface area (Å²) in [5.74, 6) is -2.85. The fraction of sp³-hybridized carbons (Fsp3) is 0.243. The van der Waals surface area contributed by atoms with Crippen LogP contribution in [0.4, 0.5) is 20.6 Å². The maximum Gasteiger partial charge on any atom is 0.325 e. The number of aliphatic carboxylic acids is 1. The van der Waals surface area contributed by atoms with Crippen LogP contribution >= 0.6 is 0 Å². The molecule has 0 aliphatic carbocycles. The zero-order valence-corrected chi connectivity index (χ0v) is 27.6. The van der Waals surface area contributed by atoms with Crippen LogP contribution < -0.4 is 16.0 Å². The molecule has 4 unspecified atom stereocenters. The molecule has 4 N–H and O–H groups in total. The van der Waals surface area contributed by atoms with Crippen molar-refractivity contribution >= 4 is 45.4 Å². The van der Waals surface area contributed by atoms with Crippen LogP contribution in [0.5, 0.6) is 0 Å². The molecule has 2 aliphatic heterocycles. The summed E-state index contributed by atoms with van der Waals surface area (Å²) in [6.07, 6.45) is 1.30. The molecule has 11 nitrogen and oxygen atoms in total. The summed E-state index contributed by atoms with van der Waals surface area (Å²) < 4.78 is 45.1. The normalized spacial score (nSPS) is 19.7. The van der Waals surface area contributed by atoms with Crippen molar-refractivity contribution in [1.82, 2.24) is 4.90 Å². The second kappa shape index (κ2) is 14.2. The second-order valence-corrected chi connectivity index (χ2v) is 14.4. The molecule has 258 valence electrons. The molecule has 1 saturated heterocycles. The van der Waals surface area contributed by atoms with Crippen molar-refractivity contribution in [3.8, 4) is 0 Å². The van der Waals surface area contributed by atoms with Crippen molar-refractivity contribution in [1.29, 1.82) is 0 Å². The lowest BCUT2D eigenvalue weighted by Crippen LogP contribution is -2.50. The van der Waals surface area contributed by atoms with Crippen molar-refractivity contribution in [2.45, 2.75) is 54.0 Å². The number of halogens is 1. The van der Waals surface area contributed by atoms with Gasteiger partial charge < -0.3 is 25.9 Å². The number of para-hydroxylation sites is 2. The van der Waals surface area contributed by atoms with E-state index in [-0.39, 0.29) is 40.1 Å². The molecular formula is C37H35FN4O7S. The fourth-order valence-corrected chi connectivity index (χ4v) is 9.28. The predicted octanol–water partition coefficient (Wildman–Crippen LogP) is 4.82. The van der Waals surface area contributed by atoms with Crippen LogP contribution in [0, 0.1) is 5.82 Å². The van der Waals surface area contributed by atoms with Crippen molar-refractivity contribution in [3.63, 3.8) is 0 Å². The number of hydrogen-bond acceptors (Lipinski definition) is 7. The highest BCUT2D eigenvalue weighted by atomic mass is 32.2. The topological polar surface area (TPSA) is 167 Å². The standard InChI is InChI=1S/C37H35FN4O7S/c38-28-17-6-5-15-26(28)33-31(50(48,49)25-13-2-1-3-14-25)22-30(35(44)41-20-9-12-23-10-4-7-18-29(23)41)42(33)34(36(45)46)27-16-8-11-24(19-21-43)32(27)40-37(39)47/h1-8,10-11,13-18,21,30-31,33-34H,9,12,19-20,22H2,(H,45,46)(H3,39,40,47). The monoisotopic (exact) mass is 698 g/mol. The molecule has 50 heavy (non-hydrogen) atoms. The number of carboxylic acid groups (broad SMARTS) is 1. The number of hydrogen-bond donors (Lipinski definition) is 3. The van der Waals surface area contributed by atoms with Crippen LogP contribution in [-0.2, 0) is 37.1 Å². The molecule has 0 saturated carbocycles. The number of likely N-dealkylation sites (tertiary alicyclic amines) is 1. The minimum atomic E-state index is -4.34. The molecule has 1 fully saturated rings. The summed E-state index contributed by atoms with van der Waals surface area (Å²) in [4.78, 5) is 55.1. The number of sulfone groups is 1. The average molecular weight is 699 g/mol. The Morgan fingerprint density at radius 2 is 1.66 bits per heavy atom. The summed E-state index contributed by atoms with van der Waals surface area (Å²) in [6.45, 7) is 0.293. The Balaban J connectivity index is 1.63. The third-order valence-electron chi connectivity index (χ3n) is 9.41. The number of urea groups is 1. The molecule has 0 spiro atoms. The van der Waals surface area contributed by atoms with E-state index in [1.807, 2.05) is 12.1 Å². The Bertz CT molecular complexity index is 2060. The zero-order chi connectivity index (χ0) is 35.6. The van der Waals surface area contributed by atoms with Gasteiger partial charge in [-0.25, -0.2) is 17.6 Å². The van der Waals surface area contributed by atoms with Gasteiger partial charge in [-0.15, -0.1) is 0 Å². The SMILES string of the molecule is NC(=O)Nc1c(CC=O)cccc1C(C(=O)O)N1C(C(=O)N2CCCc3ccccc32)CC(S(=O)(=O)c2ccccc2)C1c1ccccc1F. The number of nitrogens with one attached hydrogen (secondary N) is 1. The van der Waals surface area contributed by atoms with Crippen LogP contribution in [0.25, 0.3) is 0 Å². The fourth-order valence-electron chi connectivity index (χ4n) is 7.33. The molecule has 13 heteroatoms. The highest BCUT2D eigenvalue weighted by molar-refractivity contribution is 7.92. The Hall–Kier alpha value is -5.40. The molecule has 4 aromatic carbocycles. The van der Waals surface area contributed by atoms with Gasteiger partial charge in [-0.3, -0.25) is 14.5 Å². The Morgan fingerprint density at radius 3 is 2.36 bits per heavy atom. The van der Waals surface area contributed by atoms with Gasteiger partial charge in [0.15, 0.2) is 9.84 Å². The number of primary amides is 1. The zero-order valence-electron chi connectivity index (χ0n) is 26.8. The molecule has 4 atom stereocenters. The Kier molecular flexibility index (Phi) is 9.80. The van der Waals surface area contributed by atoms with Gasteiger partial charge in [-0.1, -0.05) is 72.8 Å². The first-order chi connectivity index (χ1) is 24.0. The second-order valence-electron chi connectivity index (χ2n) is 12.3. The van der Waals surface area contributed by atoms with Gasteiger partial charge in [-0.2, -0.15) is 0 Å². The lowest BCUT2D eigenvalue weighted by molar-refractivity contribution is -0.146. The molecule has 0 aromatic heterocycles. The lowest BCUT2D eigenvalue weighted by atomic mass is 9.95. The van der Waals surface area contributed by atoms with Gasteiger partial charge in [0.25, 0.3) is 0 Å². The first-order valence-corrected chi connectivity index (χ1v) is 17.6. The van der Waals surface area contributed by atoms with Gasteiger partial charge in [0.2, 0.25) is 5.91 Å². The molecule has 2 heterocycles. The summed E-state index contributed by atoms with van der Waals surface area (Å²) in [7, 11) is -4.34. The van der Waals surface area contributed by atoms with Gasteiger partial charge in [0, 0.05) is 29.8 Å². The minimum absolute atomic E-state index is 0.0633. The largest absolute Gasteiger partial charge is 0.480 e. The van der Waals surface area contributed by atoms with E-state index in [2.05, 4.69) is 5.32 Å². The quantitative estimate of drug-likeness (QED) is 0.198. The number of anilines is 2. The average Bonchev–Trinajstić information content (AvgIpc) is 3.50. The number of carbonyl (C=O) groups is 4. The van der Waals surface area contributed by atoms with E-state index >= 15 is 4.39 Å². The van der Waals surface area contributed by atoms with Gasteiger partial charge in [0.05, 0.1) is 27.9 Å². The van der Waals surface area contributed by atoms with Crippen LogP contribution in [0.3, 0.4) is 0 Å². The molecule has 3 amide bonds. The minimum Gasteiger partial charge on any atom is -0.480 e. The summed E-state index contributed by atoms with van der Waals surface area (Å²) in [6, 6.07) is 19.0. The van der Waals surface area contributed by atoms with Crippen LogP contribution in [0.1, 0.15) is 47.2 Å². The number of nitrogens with two attached hydrogens (primary N) is 1. The molecule has 0 bridgehead atoms. The van der Waals surface area contributed by atoms with Crippen molar-refractivity contribution < 1.29 is 37.1 Å². The number of nitrogens with zero attached hydrogens (tertiary/aromatic N) is 2. The van der Waals surface area contributed by atoms with Crippen molar-refractivity contribution in [3.05, 3.63) is 125 Å². The number of fused-ring (bicyclic) bond motifs is 1. The van der Waals surface area contributed by atoms with E-state index in [0.29, 0.717) is 31.4 Å². The maximum absolute atomic E-state index is 16.0. The van der Waals surface area contributed by atoms with Crippen molar-refractivity contribution in [2.75, 3.05) is 16.8 Å². The van der Waals surface area contributed by atoms with Gasteiger partial charge >= 0.3 is 12.0 Å². The number of carboxylic acids is 1. The van der Waals surface area contributed by atoms with Crippen molar-refractivity contribution in [2.24, 2.45) is 5.73 Å². The van der Waals surface area contributed by atoms with E-state index in [1.165, 1.54) is 58.3 Å². The number of aldehydes is 1. The smallest absolute Gasteiger partial charge is 0.325 e. The number of rotatable bonds is 10. The number of aryl methyl sites for hydroxylation is 1. The Morgan fingerprint density at radius 1 is 0.960 bits per heavy atom. The van der Waals surface area contributed by atoms with E-state index in [9.17, 15) is 32.7 Å². The van der Waals surface area contributed by atoms with E-state index in [4.69, 9.17) is 5.73 Å². The summed E-state index contributed by atoms with van der Waals surface area (Å²) >= 11 is 0. The molecule has 6 rings (SSSR count). The van der Waals surface area contributed by atoms with E-state index in [1.54, 1.807) is 30.3 Å². The summed E-state index contributed by atoms with van der Waals surface area (Å²) in [5.41, 5.74) is 7.01. The van der Waals surface area contributed by atoms with Gasteiger partial charge in [0.1, 0.15) is 18.1 Å². The van der Waals surface area contributed by atoms with Crippen LogP contribution in [0.2, 0.25) is 0 Å². The Labute approximate surface area is 288 Å². The highest BCUT2D eigenvalue weighted by Crippen LogP contribution is 2.49. The highest BCUT2D eigenvalue weighted by Gasteiger charge is 2.56. The molecule has 0 radical (unpaired) electrons. The predicted molar refractivity (Wildman–Crippen MR) is 184 cm³/mol. The third kappa shape index (κ3) is 6.37. The molecule has 2 aliphatic rings. The number of carbonyl (C=O) groups excluding carboxylic acids is 3. The molecular weight excluding hydrogens is 663 g/mol. The maximum atomic E-state index is 16.0.